The van der Waals surface area contributed by atoms with Crippen LogP contribution in [-0.2, 0) is 6.54 Å². The van der Waals surface area contributed by atoms with E-state index in [9.17, 15) is 9.59 Å². The van der Waals surface area contributed by atoms with Crippen molar-refractivity contribution in [3.8, 4) is 0 Å². The van der Waals surface area contributed by atoms with Crippen molar-refractivity contribution in [2.45, 2.75) is 32.9 Å². The largest absolute Gasteiger partial charge is 0.459 e. The first-order chi connectivity index (χ1) is 15.1. The maximum absolute atomic E-state index is 13.4. The van der Waals surface area contributed by atoms with Gasteiger partial charge >= 0.3 is 0 Å². The minimum atomic E-state index is -0.418. The van der Waals surface area contributed by atoms with Gasteiger partial charge in [-0.2, -0.15) is 0 Å². The molecule has 0 N–H and O–H groups in total. The number of fused-ring (bicyclic) bond motifs is 1. The molecule has 4 aromatic rings. The van der Waals surface area contributed by atoms with Gasteiger partial charge in [0.1, 0.15) is 5.82 Å². The topological polar surface area (TPSA) is 68.3 Å². The molecular weight excluding hydrogens is 390 g/mol. The fourth-order valence-corrected chi connectivity index (χ4v) is 3.82. The van der Waals surface area contributed by atoms with Crippen molar-refractivity contribution in [1.29, 1.82) is 0 Å². The maximum Gasteiger partial charge on any atom is 0.290 e. The summed E-state index contributed by atoms with van der Waals surface area (Å²) >= 11 is 0. The Balaban J connectivity index is 1.84. The highest BCUT2D eigenvalue weighted by molar-refractivity contribution is 5.91. The monoisotopic (exact) mass is 415 g/mol. The number of hydrogen-bond donors (Lipinski definition) is 0. The molecule has 1 atom stereocenters. The Kier molecular flexibility index (Phi) is 5.98. The van der Waals surface area contributed by atoms with Crippen LogP contribution < -0.4 is 5.56 Å². The van der Waals surface area contributed by atoms with Crippen molar-refractivity contribution in [2.24, 2.45) is 0 Å². The molecule has 0 fully saturated rings. The highest BCUT2D eigenvalue weighted by atomic mass is 16.3. The minimum Gasteiger partial charge on any atom is -0.459 e. The van der Waals surface area contributed by atoms with E-state index in [2.05, 4.69) is 0 Å². The van der Waals surface area contributed by atoms with Crippen molar-refractivity contribution in [3.05, 3.63) is 100 Å². The predicted octanol–water partition coefficient (Wildman–Crippen LogP) is 4.65. The van der Waals surface area contributed by atoms with E-state index in [1.54, 1.807) is 27.7 Å². The number of hydrogen-bond acceptors (Lipinski definition) is 4. The third-order valence-corrected chi connectivity index (χ3v) is 5.37. The molecule has 0 aliphatic heterocycles. The van der Waals surface area contributed by atoms with E-state index in [-0.39, 0.29) is 17.2 Å². The third-order valence-electron chi connectivity index (χ3n) is 5.37. The molecule has 2 aromatic heterocycles. The number of amides is 1. The second kappa shape index (κ2) is 9.00. The smallest absolute Gasteiger partial charge is 0.290 e. The van der Waals surface area contributed by atoms with Crippen LogP contribution in [0.25, 0.3) is 10.9 Å². The number of aromatic nitrogens is 2. The van der Waals surface area contributed by atoms with Crippen molar-refractivity contribution >= 4 is 16.8 Å². The second-order valence-corrected chi connectivity index (χ2v) is 7.52. The molecule has 6 nitrogen and oxygen atoms in total. The summed E-state index contributed by atoms with van der Waals surface area (Å²) in [5.74, 6) is 0.618. The normalized spacial score (nSPS) is 12.1. The predicted molar refractivity (Wildman–Crippen MR) is 120 cm³/mol. The zero-order valence-corrected chi connectivity index (χ0v) is 17.7. The number of benzene rings is 2. The van der Waals surface area contributed by atoms with Gasteiger partial charge in [-0.15, -0.1) is 0 Å². The Hall–Kier alpha value is -3.67. The van der Waals surface area contributed by atoms with E-state index in [0.29, 0.717) is 29.8 Å². The highest BCUT2D eigenvalue weighted by Gasteiger charge is 2.28. The molecule has 0 saturated heterocycles. The standard InChI is InChI=1S/C25H25N3O3/c1-3-15-27(25(30)22-14-9-16-31-22)18(2)23-26-21-13-8-7-12-20(21)24(29)28(23)17-19-10-5-4-6-11-19/h4-14,16,18H,3,15,17H2,1-2H3. The highest BCUT2D eigenvalue weighted by Crippen LogP contribution is 2.23. The average Bonchev–Trinajstić information content (AvgIpc) is 3.34. The molecule has 0 spiro atoms. The van der Waals surface area contributed by atoms with Crippen LogP contribution in [0.2, 0.25) is 0 Å². The minimum absolute atomic E-state index is 0.113. The Labute approximate surface area is 180 Å². The van der Waals surface area contributed by atoms with E-state index < -0.39 is 6.04 Å². The summed E-state index contributed by atoms with van der Waals surface area (Å²) in [7, 11) is 0. The first kappa shape index (κ1) is 20.6. The van der Waals surface area contributed by atoms with Crippen LogP contribution in [-0.4, -0.2) is 26.9 Å². The molecule has 1 amide bonds. The Morgan fingerprint density at radius 3 is 2.52 bits per heavy atom. The zero-order chi connectivity index (χ0) is 21.8. The lowest BCUT2D eigenvalue weighted by Crippen LogP contribution is -2.38. The van der Waals surface area contributed by atoms with Gasteiger partial charge in [-0.05, 0) is 43.2 Å². The second-order valence-electron chi connectivity index (χ2n) is 7.52. The van der Waals surface area contributed by atoms with Crippen molar-refractivity contribution < 1.29 is 9.21 Å². The third kappa shape index (κ3) is 4.14. The van der Waals surface area contributed by atoms with Crippen LogP contribution in [0.4, 0.5) is 0 Å². The fourth-order valence-electron chi connectivity index (χ4n) is 3.82. The number of carbonyl (C=O) groups is 1. The van der Waals surface area contributed by atoms with Gasteiger partial charge in [0.15, 0.2) is 5.76 Å². The molecule has 0 saturated carbocycles. The molecule has 1 unspecified atom stereocenters. The maximum atomic E-state index is 13.4. The summed E-state index contributed by atoms with van der Waals surface area (Å²) in [6.45, 7) is 4.83. The Morgan fingerprint density at radius 2 is 1.81 bits per heavy atom. The lowest BCUT2D eigenvalue weighted by atomic mass is 10.1. The number of rotatable bonds is 7. The van der Waals surface area contributed by atoms with Crippen LogP contribution in [0.3, 0.4) is 0 Å². The molecule has 0 bridgehead atoms. The van der Waals surface area contributed by atoms with E-state index in [1.807, 2.05) is 62.4 Å². The zero-order valence-electron chi connectivity index (χ0n) is 17.7. The van der Waals surface area contributed by atoms with Crippen molar-refractivity contribution in [1.82, 2.24) is 14.5 Å². The number of para-hydroxylation sites is 1. The van der Waals surface area contributed by atoms with Gasteiger partial charge < -0.3 is 9.32 Å². The lowest BCUT2D eigenvalue weighted by Gasteiger charge is -2.29. The summed E-state index contributed by atoms with van der Waals surface area (Å²) in [6.07, 6.45) is 2.26. The molecule has 158 valence electrons. The van der Waals surface area contributed by atoms with Crippen LogP contribution in [0.15, 0.2) is 82.2 Å². The molecule has 0 radical (unpaired) electrons. The van der Waals surface area contributed by atoms with E-state index in [4.69, 9.17) is 9.40 Å². The van der Waals surface area contributed by atoms with Crippen molar-refractivity contribution in [2.75, 3.05) is 6.54 Å². The Bertz CT molecular complexity index is 1230. The van der Waals surface area contributed by atoms with Gasteiger partial charge in [-0.1, -0.05) is 49.4 Å². The molecule has 2 aromatic carbocycles. The Morgan fingerprint density at radius 1 is 1.06 bits per heavy atom. The molecule has 31 heavy (non-hydrogen) atoms. The average molecular weight is 415 g/mol. The van der Waals surface area contributed by atoms with Gasteiger partial charge in [0.2, 0.25) is 0 Å². The van der Waals surface area contributed by atoms with E-state index >= 15 is 0 Å². The SMILES string of the molecule is CCCN(C(=O)c1ccco1)C(C)c1nc2ccccc2c(=O)n1Cc1ccccc1. The first-order valence-electron chi connectivity index (χ1n) is 10.5. The lowest BCUT2D eigenvalue weighted by molar-refractivity contribution is 0.0646. The van der Waals surface area contributed by atoms with Crippen LogP contribution in [0.5, 0.6) is 0 Å². The van der Waals surface area contributed by atoms with E-state index in [1.165, 1.54) is 6.26 Å². The number of carbonyl (C=O) groups excluding carboxylic acids is 1. The number of furan rings is 1. The van der Waals surface area contributed by atoms with Crippen LogP contribution in [0, 0.1) is 0 Å². The van der Waals surface area contributed by atoms with E-state index in [0.717, 1.165) is 12.0 Å². The van der Waals surface area contributed by atoms with Crippen LogP contribution in [0.1, 0.15) is 48.3 Å². The molecule has 2 heterocycles. The summed E-state index contributed by atoms with van der Waals surface area (Å²) in [6, 6.07) is 20.1. The van der Waals surface area contributed by atoms with Gasteiger partial charge in [-0.25, -0.2) is 4.98 Å². The summed E-state index contributed by atoms with van der Waals surface area (Å²) < 4.78 is 7.03. The molecular formula is C25H25N3O3. The van der Waals surface area contributed by atoms with Gasteiger partial charge in [0.25, 0.3) is 11.5 Å². The molecule has 4 rings (SSSR count). The van der Waals surface area contributed by atoms with Crippen molar-refractivity contribution in [3.63, 3.8) is 0 Å². The number of nitrogens with zero attached hydrogens (tertiary/aromatic N) is 3. The van der Waals surface area contributed by atoms with Gasteiger partial charge in [0.05, 0.1) is 29.8 Å². The quantitative estimate of drug-likeness (QED) is 0.441. The van der Waals surface area contributed by atoms with Crippen LogP contribution >= 0.6 is 0 Å². The molecule has 6 heteroatoms. The summed E-state index contributed by atoms with van der Waals surface area (Å²) in [5.41, 5.74) is 1.51. The first-order valence-corrected chi connectivity index (χ1v) is 10.5. The van der Waals surface area contributed by atoms with Gasteiger partial charge in [0, 0.05) is 6.54 Å². The summed E-state index contributed by atoms with van der Waals surface area (Å²) in [5, 5.41) is 0.564. The summed E-state index contributed by atoms with van der Waals surface area (Å²) in [4.78, 5) is 33.1. The van der Waals surface area contributed by atoms with Gasteiger partial charge in [-0.3, -0.25) is 14.2 Å². The molecule has 0 aliphatic carbocycles. The molecule has 0 aliphatic rings. The fraction of sp³-hybridized carbons (Fsp3) is 0.240.